The molecule has 9 rings (SSSR count). The number of carbonyl (C=O) groups is 4. The molecule has 342 valence electrons. The van der Waals surface area contributed by atoms with Crippen molar-refractivity contribution >= 4 is 46.3 Å². The van der Waals surface area contributed by atoms with E-state index in [4.69, 9.17) is 14.2 Å². The standard InChI is InChI=1S/C47H48F2N10O7/c1-4-65-38-25-30(7-12-37(38)64-3)35(13-17-50)59-44(61)34-14-18-51-43(41(34)45(59)62)57-23-21-56(22-24-57)39-15-19-55(28-47(39,48)49)27-29-5-8-31(9-6-29)66-32-10-11-33-36(26-32)54(2)53-42(33)58-20-16-40(60)52-46(58)63/h5-12,14,18,25-26,35,39H,4,13,15-16,19-24,27-28H2,1-3H3,(H,52,60,63)/t35-,39-/m1/s1. The maximum atomic E-state index is 16.0. The van der Waals surface area contributed by atoms with Gasteiger partial charge in [-0.1, -0.05) is 18.2 Å². The zero-order chi connectivity index (χ0) is 46.3. The summed E-state index contributed by atoms with van der Waals surface area (Å²) in [5, 5.41) is 17.4. The number of anilines is 2. The number of methoxy groups -OCH3 is 1. The summed E-state index contributed by atoms with van der Waals surface area (Å²) in [6.45, 7) is 4.11. The van der Waals surface area contributed by atoms with Crippen molar-refractivity contribution in [3.8, 4) is 29.1 Å². The third kappa shape index (κ3) is 8.33. The number of nitriles is 1. The number of nitrogens with zero attached hydrogens (tertiary/aromatic N) is 9. The number of urea groups is 1. The van der Waals surface area contributed by atoms with Gasteiger partial charge in [-0.2, -0.15) is 10.4 Å². The second-order valence-electron chi connectivity index (χ2n) is 16.7. The quantitative estimate of drug-likeness (QED) is 0.138. The van der Waals surface area contributed by atoms with Crippen LogP contribution >= 0.6 is 0 Å². The highest BCUT2D eigenvalue weighted by Gasteiger charge is 2.49. The molecule has 0 radical (unpaired) electrons. The second-order valence-corrected chi connectivity index (χ2v) is 16.7. The molecule has 0 bridgehead atoms. The summed E-state index contributed by atoms with van der Waals surface area (Å²) in [6.07, 6.45) is 1.78. The Labute approximate surface area is 379 Å². The zero-order valence-corrected chi connectivity index (χ0v) is 36.7. The largest absolute Gasteiger partial charge is 0.493 e. The van der Waals surface area contributed by atoms with Gasteiger partial charge in [0.2, 0.25) is 5.91 Å². The van der Waals surface area contributed by atoms with Crippen LogP contribution < -0.4 is 29.3 Å². The van der Waals surface area contributed by atoms with E-state index in [2.05, 4.69) is 21.5 Å². The van der Waals surface area contributed by atoms with Crippen molar-refractivity contribution in [3.05, 3.63) is 95.2 Å². The molecule has 4 aliphatic rings. The first kappa shape index (κ1) is 44.1. The first-order valence-electron chi connectivity index (χ1n) is 21.9. The number of piperazine rings is 1. The summed E-state index contributed by atoms with van der Waals surface area (Å²) < 4.78 is 51.0. The van der Waals surface area contributed by atoms with E-state index in [9.17, 15) is 24.4 Å². The maximum absolute atomic E-state index is 16.0. The van der Waals surface area contributed by atoms with Gasteiger partial charge >= 0.3 is 6.03 Å². The molecule has 3 saturated heterocycles. The van der Waals surface area contributed by atoms with Crippen LogP contribution in [0.3, 0.4) is 0 Å². The van der Waals surface area contributed by atoms with E-state index < -0.39 is 42.4 Å². The lowest BCUT2D eigenvalue weighted by Crippen LogP contribution is -2.61. The summed E-state index contributed by atoms with van der Waals surface area (Å²) in [6, 6.07) is 19.0. The minimum atomic E-state index is -2.99. The van der Waals surface area contributed by atoms with Gasteiger partial charge in [0.05, 0.1) is 61.5 Å². The Hall–Kier alpha value is -7.17. The number of benzene rings is 3. The summed E-state index contributed by atoms with van der Waals surface area (Å²) in [4.78, 5) is 64.7. The minimum Gasteiger partial charge on any atom is -0.493 e. The number of alkyl halides is 2. The third-order valence-corrected chi connectivity index (χ3v) is 12.7. The Balaban J connectivity index is 0.805. The Morgan fingerprint density at radius 2 is 1.68 bits per heavy atom. The average molecular weight is 903 g/mol. The molecule has 6 heterocycles. The number of carbonyl (C=O) groups excluding carboxylic acids is 4. The van der Waals surface area contributed by atoms with Crippen LogP contribution in [-0.2, 0) is 18.4 Å². The van der Waals surface area contributed by atoms with Gasteiger partial charge in [0, 0.05) is 76.9 Å². The van der Waals surface area contributed by atoms with Gasteiger partial charge in [-0.15, -0.1) is 0 Å². The molecule has 19 heteroatoms. The third-order valence-electron chi connectivity index (χ3n) is 12.7. The topological polar surface area (TPSA) is 179 Å². The Morgan fingerprint density at radius 1 is 0.909 bits per heavy atom. The molecule has 66 heavy (non-hydrogen) atoms. The van der Waals surface area contributed by atoms with Crippen LogP contribution in [0.4, 0.5) is 25.2 Å². The smallest absolute Gasteiger partial charge is 0.329 e. The number of hydrogen-bond acceptors (Lipinski definition) is 13. The lowest BCUT2D eigenvalue weighted by Gasteiger charge is -2.46. The van der Waals surface area contributed by atoms with Crippen LogP contribution in [-0.4, -0.2) is 125 Å². The van der Waals surface area contributed by atoms with E-state index in [1.54, 1.807) is 53.0 Å². The van der Waals surface area contributed by atoms with Gasteiger partial charge in [-0.25, -0.2) is 18.6 Å². The van der Waals surface area contributed by atoms with E-state index >= 15 is 8.78 Å². The maximum Gasteiger partial charge on any atom is 0.329 e. The number of amides is 5. The lowest BCUT2D eigenvalue weighted by molar-refractivity contribution is -0.129. The van der Waals surface area contributed by atoms with Gasteiger partial charge < -0.3 is 19.1 Å². The average Bonchev–Trinajstić information content (AvgIpc) is 3.76. The molecular weight excluding hydrogens is 855 g/mol. The van der Waals surface area contributed by atoms with Crippen LogP contribution in [0.2, 0.25) is 0 Å². The Bertz CT molecular complexity index is 2750. The fraction of sp³-hybridized carbons (Fsp3) is 0.383. The fourth-order valence-corrected chi connectivity index (χ4v) is 9.45. The number of ether oxygens (including phenoxy) is 3. The van der Waals surface area contributed by atoms with E-state index in [1.807, 2.05) is 41.0 Å². The first-order chi connectivity index (χ1) is 31.9. The number of hydrogen-bond donors (Lipinski definition) is 1. The van der Waals surface area contributed by atoms with Gasteiger partial charge in [-0.05, 0) is 66.9 Å². The number of imide groups is 2. The van der Waals surface area contributed by atoms with Gasteiger partial charge in [0.25, 0.3) is 17.7 Å². The molecule has 17 nitrogen and oxygen atoms in total. The predicted octanol–water partition coefficient (Wildman–Crippen LogP) is 5.90. The van der Waals surface area contributed by atoms with Crippen LogP contribution in [0.25, 0.3) is 10.9 Å². The molecule has 4 aliphatic heterocycles. The molecule has 0 spiro atoms. The van der Waals surface area contributed by atoms with Gasteiger partial charge in [0.1, 0.15) is 17.3 Å². The second kappa shape index (κ2) is 18.0. The van der Waals surface area contributed by atoms with Crippen molar-refractivity contribution < 1.29 is 42.2 Å². The summed E-state index contributed by atoms with van der Waals surface area (Å²) in [5.74, 6) is -1.63. The molecule has 0 unspecified atom stereocenters. The van der Waals surface area contributed by atoms with E-state index in [0.29, 0.717) is 86.1 Å². The number of halogens is 2. The normalized spacial score (nSPS) is 19.5. The monoisotopic (exact) mass is 902 g/mol. The number of nitrogens with one attached hydrogen (secondary N) is 1. The number of aryl methyl sites for hydroxylation is 1. The molecule has 3 fully saturated rings. The van der Waals surface area contributed by atoms with Crippen molar-refractivity contribution in [2.24, 2.45) is 7.05 Å². The van der Waals surface area contributed by atoms with Crippen LogP contribution in [0.5, 0.6) is 23.0 Å². The first-order valence-corrected chi connectivity index (χ1v) is 21.9. The van der Waals surface area contributed by atoms with Crippen LogP contribution in [0.1, 0.15) is 64.1 Å². The van der Waals surface area contributed by atoms with Crippen molar-refractivity contribution in [2.75, 3.05) is 69.3 Å². The van der Waals surface area contributed by atoms with Crippen LogP contribution in [0, 0.1) is 11.3 Å². The molecule has 0 aliphatic carbocycles. The van der Waals surface area contributed by atoms with Crippen molar-refractivity contribution in [1.82, 2.24) is 34.8 Å². The fourth-order valence-electron chi connectivity index (χ4n) is 9.45. The van der Waals surface area contributed by atoms with Gasteiger partial charge in [0.15, 0.2) is 17.3 Å². The highest BCUT2D eigenvalue weighted by molar-refractivity contribution is 6.23. The Morgan fingerprint density at radius 3 is 2.39 bits per heavy atom. The molecule has 1 N–H and O–H groups in total. The summed E-state index contributed by atoms with van der Waals surface area (Å²) in [7, 11) is 3.27. The molecule has 3 aromatic carbocycles. The van der Waals surface area contributed by atoms with Crippen LogP contribution in [0.15, 0.2) is 72.9 Å². The molecule has 2 atom stereocenters. The predicted molar refractivity (Wildman–Crippen MR) is 237 cm³/mol. The Kier molecular flexibility index (Phi) is 12.0. The number of likely N-dealkylation sites (tertiary alicyclic amines) is 1. The molecule has 5 aromatic rings. The van der Waals surface area contributed by atoms with E-state index in [1.165, 1.54) is 24.3 Å². The summed E-state index contributed by atoms with van der Waals surface area (Å²) in [5.41, 5.74) is 2.46. The minimum absolute atomic E-state index is 0.141. The van der Waals surface area contributed by atoms with E-state index in [0.717, 1.165) is 21.4 Å². The number of pyridine rings is 1. The molecule has 2 aromatic heterocycles. The number of rotatable bonds is 13. The van der Waals surface area contributed by atoms with Crippen molar-refractivity contribution in [2.45, 2.75) is 50.7 Å². The summed E-state index contributed by atoms with van der Waals surface area (Å²) >= 11 is 0. The molecule has 5 amide bonds. The molecule has 0 saturated carbocycles. The van der Waals surface area contributed by atoms with Crippen molar-refractivity contribution in [1.29, 1.82) is 5.26 Å². The lowest BCUT2D eigenvalue weighted by atomic mass is 9.97. The van der Waals surface area contributed by atoms with Crippen molar-refractivity contribution in [3.63, 3.8) is 0 Å². The van der Waals surface area contributed by atoms with E-state index in [-0.39, 0.29) is 42.8 Å². The number of aromatic nitrogens is 3. The highest BCUT2D eigenvalue weighted by atomic mass is 19.3. The SMILES string of the molecule is CCOc1cc([C@@H](CC#N)N2C(=O)c3ccnc(N4CCN([C@@H]5CCN(Cc6ccc(Oc7ccc8c(N9CCC(=O)NC9=O)nn(C)c8c7)cc6)CC5(F)F)CC4)c3C2=O)ccc1OC. The number of piperidine rings is 1. The highest BCUT2D eigenvalue weighted by Crippen LogP contribution is 2.41. The number of fused-ring (bicyclic) bond motifs is 2. The molecular formula is C47H48F2N10O7. The van der Waals surface area contributed by atoms with Gasteiger partial charge in [-0.3, -0.25) is 44.0 Å². The zero-order valence-electron chi connectivity index (χ0n) is 36.7.